The molecule has 0 aliphatic carbocycles. The Morgan fingerprint density at radius 1 is 1.07 bits per heavy atom. The van der Waals surface area contributed by atoms with Crippen molar-refractivity contribution in [3.63, 3.8) is 0 Å². The highest BCUT2D eigenvalue weighted by atomic mass is 127. The van der Waals surface area contributed by atoms with Crippen molar-refractivity contribution in [2.75, 3.05) is 20.1 Å². The predicted molar refractivity (Wildman–Crippen MR) is 136 cm³/mol. The van der Waals surface area contributed by atoms with Gasteiger partial charge in [0.25, 0.3) is 0 Å². The summed E-state index contributed by atoms with van der Waals surface area (Å²) >= 11 is 0. The molecular formula is C24H32IN5. The maximum atomic E-state index is 4.83. The summed E-state index contributed by atoms with van der Waals surface area (Å²) in [5.41, 5.74) is 3.84. The summed E-state index contributed by atoms with van der Waals surface area (Å²) in [5.74, 6) is 1.99. The van der Waals surface area contributed by atoms with Crippen LogP contribution >= 0.6 is 24.0 Å². The highest BCUT2D eigenvalue weighted by molar-refractivity contribution is 14.0. The van der Waals surface area contributed by atoms with E-state index in [0.29, 0.717) is 6.54 Å². The summed E-state index contributed by atoms with van der Waals surface area (Å²) in [6.45, 7) is 7.43. The Morgan fingerprint density at radius 3 is 2.50 bits per heavy atom. The molecule has 0 radical (unpaired) electrons. The molecule has 3 aromatic rings. The van der Waals surface area contributed by atoms with E-state index in [1.54, 1.807) is 0 Å². The molecule has 3 rings (SSSR count). The number of benzene rings is 2. The predicted octanol–water partition coefficient (Wildman–Crippen LogP) is 4.50. The van der Waals surface area contributed by atoms with Crippen molar-refractivity contribution in [2.24, 2.45) is 4.99 Å². The first-order chi connectivity index (χ1) is 14.2. The van der Waals surface area contributed by atoms with E-state index in [-0.39, 0.29) is 24.0 Å². The van der Waals surface area contributed by atoms with Crippen molar-refractivity contribution in [1.29, 1.82) is 0 Å². The second-order valence-corrected chi connectivity index (χ2v) is 7.28. The normalized spacial score (nSPS) is 11.1. The highest BCUT2D eigenvalue weighted by Gasteiger charge is 2.08. The van der Waals surface area contributed by atoms with Crippen molar-refractivity contribution < 1.29 is 0 Å². The summed E-state index contributed by atoms with van der Waals surface area (Å²) in [6.07, 6.45) is 4.73. The fraction of sp³-hybridized carbons (Fsp3) is 0.333. The highest BCUT2D eigenvalue weighted by Crippen LogP contribution is 2.08. The zero-order valence-electron chi connectivity index (χ0n) is 18.1. The van der Waals surface area contributed by atoms with Crippen LogP contribution < -0.4 is 5.32 Å². The minimum atomic E-state index is 0. The van der Waals surface area contributed by atoms with E-state index in [4.69, 9.17) is 4.99 Å². The summed E-state index contributed by atoms with van der Waals surface area (Å²) < 4.78 is 2.20. The van der Waals surface area contributed by atoms with Gasteiger partial charge in [-0.05, 0) is 25.0 Å². The van der Waals surface area contributed by atoms with Crippen LogP contribution in [0.5, 0.6) is 0 Å². The number of aryl methyl sites for hydroxylation is 1. The molecule has 0 atom stereocenters. The zero-order valence-corrected chi connectivity index (χ0v) is 20.4. The van der Waals surface area contributed by atoms with Crippen LogP contribution in [0.1, 0.15) is 29.4 Å². The molecule has 0 bridgehead atoms. The van der Waals surface area contributed by atoms with Gasteiger partial charge in [-0.15, -0.1) is 24.0 Å². The van der Waals surface area contributed by atoms with Gasteiger partial charge in [0, 0.05) is 52.0 Å². The summed E-state index contributed by atoms with van der Waals surface area (Å²) in [4.78, 5) is 11.5. The van der Waals surface area contributed by atoms with Crippen LogP contribution in [0.15, 0.2) is 72.0 Å². The molecule has 6 heteroatoms. The van der Waals surface area contributed by atoms with Crippen LogP contribution in [0.4, 0.5) is 0 Å². The monoisotopic (exact) mass is 517 g/mol. The topological polar surface area (TPSA) is 45.5 Å². The molecule has 0 unspecified atom stereocenters. The lowest BCUT2D eigenvalue weighted by molar-refractivity contribution is 0.476. The molecule has 160 valence electrons. The lowest BCUT2D eigenvalue weighted by atomic mass is 10.1. The quantitative estimate of drug-likeness (QED) is 0.272. The third-order valence-corrected chi connectivity index (χ3v) is 4.83. The Hall–Kier alpha value is -2.35. The van der Waals surface area contributed by atoms with Crippen molar-refractivity contribution in [3.05, 3.63) is 89.5 Å². The molecule has 0 saturated carbocycles. The molecule has 5 nitrogen and oxygen atoms in total. The molecule has 0 saturated heterocycles. The van der Waals surface area contributed by atoms with Gasteiger partial charge in [-0.3, -0.25) is 4.99 Å². The van der Waals surface area contributed by atoms with Gasteiger partial charge in [0.15, 0.2) is 5.96 Å². The standard InChI is InChI=1S/C24H31N5.HI/c1-4-25-24(28(3)18-22-12-10-20(2)11-13-22)27-15-14-23-26-16-17-29(23)19-21-8-6-5-7-9-21;/h5-13,16-17H,4,14-15,18-19H2,1-3H3,(H,25,27);1H. The molecule has 30 heavy (non-hydrogen) atoms. The average molecular weight is 517 g/mol. The van der Waals surface area contributed by atoms with E-state index in [1.807, 2.05) is 18.5 Å². The van der Waals surface area contributed by atoms with E-state index < -0.39 is 0 Å². The van der Waals surface area contributed by atoms with E-state index in [9.17, 15) is 0 Å². The van der Waals surface area contributed by atoms with Crippen LogP contribution in [-0.4, -0.2) is 40.5 Å². The van der Waals surface area contributed by atoms with Gasteiger partial charge in [0.2, 0.25) is 0 Å². The van der Waals surface area contributed by atoms with Crippen molar-refractivity contribution >= 4 is 29.9 Å². The van der Waals surface area contributed by atoms with E-state index >= 15 is 0 Å². The van der Waals surface area contributed by atoms with Crippen molar-refractivity contribution in [3.8, 4) is 0 Å². The Kier molecular flexibility index (Phi) is 9.86. The summed E-state index contributed by atoms with van der Waals surface area (Å²) in [7, 11) is 2.08. The van der Waals surface area contributed by atoms with Gasteiger partial charge in [-0.1, -0.05) is 60.2 Å². The first kappa shape index (κ1) is 23.9. The van der Waals surface area contributed by atoms with E-state index in [1.165, 1.54) is 16.7 Å². The SMILES string of the molecule is CCNC(=NCCc1nccn1Cc1ccccc1)N(C)Cc1ccc(C)cc1.I. The molecule has 0 aliphatic rings. The van der Waals surface area contributed by atoms with Crippen LogP contribution in [0, 0.1) is 6.92 Å². The minimum Gasteiger partial charge on any atom is -0.357 e. The van der Waals surface area contributed by atoms with Crippen molar-refractivity contribution in [2.45, 2.75) is 33.4 Å². The number of hydrogen-bond acceptors (Lipinski definition) is 2. The number of guanidine groups is 1. The fourth-order valence-corrected chi connectivity index (χ4v) is 3.27. The lowest BCUT2D eigenvalue weighted by Gasteiger charge is -2.22. The van der Waals surface area contributed by atoms with E-state index in [0.717, 1.165) is 37.8 Å². The van der Waals surface area contributed by atoms with Crippen LogP contribution in [0.3, 0.4) is 0 Å². The van der Waals surface area contributed by atoms with Gasteiger partial charge in [0.05, 0.1) is 0 Å². The second kappa shape index (κ2) is 12.4. The average Bonchev–Trinajstić information content (AvgIpc) is 3.16. The number of hydrogen-bond donors (Lipinski definition) is 1. The number of nitrogens with one attached hydrogen (secondary N) is 1. The molecule has 2 aromatic carbocycles. The van der Waals surface area contributed by atoms with Gasteiger partial charge in [-0.25, -0.2) is 4.98 Å². The number of halogens is 1. The second-order valence-electron chi connectivity index (χ2n) is 7.28. The van der Waals surface area contributed by atoms with Crippen LogP contribution in [0.25, 0.3) is 0 Å². The first-order valence-electron chi connectivity index (χ1n) is 10.2. The maximum absolute atomic E-state index is 4.83. The number of aliphatic imine (C=N–C) groups is 1. The molecule has 1 N–H and O–H groups in total. The Labute approximate surface area is 197 Å². The molecule has 1 heterocycles. The van der Waals surface area contributed by atoms with Crippen LogP contribution in [-0.2, 0) is 19.5 Å². The Balaban J connectivity index is 0.00000320. The lowest BCUT2D eigenvalue weighted by Crippen LogP contribution is -2.38. The number of rotatable bonds is 8. The third-order valence-electron chi connectivity index (χ3n) is 4.83. The molecule has 0 fully saturated rings. The van der Waals surface area contributed by atoms with E-state index in [2.05, 4.69) is 89.2 Å². The smallest absolute Gasteiger partial charge is 0.193 e. The van der Waals surface area contributed by atoms with Gasteiger partial charge >= 0.3 is 0 Å². The molecule has 0 spiro atoms. The number of aromatic nitrogens is 2. The minimum absolute atomic E-state index is 0. The summed E-state index contributed by atoms with van der Waals surface area (Å²) in [5, 5.41) is 3.40. The molecule has 0 amide bonds. The first-order valence-corrected chi connectivity index (χ1v) is 10.2. The number of imidazole rings is 1. The summed E-state index contributed by atoms with van der Waals surface area (Å²) in [6, 6.07) is 19.1. The van der Waals surface area contributed by atoms with Gasteiger partial charge in [-0.2, -0.15) is 0 Å². The van der Waals surface area contributed by atoms with Gasteiger partial charge < -0.3 is 14.8 Å². The zero-order chi connectivity index (χ0) is 20.5. The Morgan fingerprint density at radius 2 is 1.80 bits per heavy atom. The Bertz CT molecular complexity index is 903. The largest absolute Gasteiger partial charge is 0.357 e. The van der Waals surface area contributed by atoms with Gasteiger partial charge in [0.1, 0.15) is 5.82 Å². The van der Waals surface area contributed by atoms with Crippen molar-refractivity contribution in [1.82, 2.24) is 19.8 Å². The van der Waals surface area contributed by atoms with Crippen LogP contribution in [0.2, 0.25) is 0 Å². The molecule has 1 aromatic heterocycles. The molecule has 0 aliphatic heterocycles. The third kappa shape index (κ3) is 7.16. The molecular weight excluding hydrogens is 485 g/mol. The fourth-order valence-electron chi connectivity index (χ4n) is 3.27. The number of nitrogens with zero attached hydrogens (tertiary/aromatic N) is 4. The maximum Gasteiger partial charge on any atom is 0.193 e.